The summed E-state index contributed by atoms with van der Waals surface area (Å²) in [6.07, 6.45) is 2.34. The number of nitrogens with one attached hydrogen (secondary N) is 1. The monoisotopic (exact) mass is 230 g/mol. The first-order chi connectivity index (χ1) is 7.56. The van der Waals surface area contributed by atoms with E-state index in [1.54, 1.807) is 11.8 Å². The van der Waals surface area contributed by atoms with Crippen LogP contribution in [0.2, 0.25) is 0 Å². The van der Waals surface area contributed by atoms with E-state index in [-0.39, 0.29) is 6.03 Å². The van der Waals surface area contributed by atoms with Crippen molar-refractivity contribution in [2.45, 2.75) is 46.1 Å². The third kappa shape index (κ3) is 5.00. The number of carboxylic acids is 1. The second kappa shape index (κ2) is 7.96. The van der Waals surface area contributed by atoms with E-state index in [1.165, 1.54) is 0 Å². The molecular weight excluding hydrogens is 208 g/mol. The molecule has 1 atom stereocenters. The third-order valence-electron chi connectivity index (χ3n) is 2.45. The Bertz CT molecular complexity index is 231. The summed E-state index contributed by atoms with van der Waals surface area (Å²) < 4.78 is 0. The molecule has 0 aliphatic carbocycles. The van der Waals surface area contributed by atoms with E-state index in [2.05, 4.69) is 12.2 Å². The summed E-state index contributed by atoms with van der Waals surface area (Å²) in [5.74, 6) is -0.984. The van der Waals surface area contributed by atoms with E-state index in [4.69, 9.17) is 5.11 Å². The molecule has 0 aromatic heterocycles. The molecule has 0 heterocycles. The lowest BCUT2D eigenvalue weighted by Gasteiger charge is -2.23. The highest BCUT2D eigenvalue weighted by Crippen LogP contribution is 1.98. The van der Waals surface area contributed by atoms with E-state index >= 15 is 0 Å². The van der Waals surface area contributed by atoms with Gasteiger partial charge in [0.05, 0.1) is 0 Å². The van der Waals surface area contributed by atoms with Crippen molar-refractivity contribution in [3.8, 4) is 0 Å². The van der Waals surface area contributed by atoms with Crippen molar-refractivity contribution < 1.29 is 14.7 Å². The molecule has 0 saturated carbocycles. The van der Waals surface area contributed by atoms with Gasteiger partial charge in [-0.2, -0.15) is 0 Å². The zero-order valence-corrected chi connectivity index (χ0v) is 10.3. The quantitative estimate of drug-likeness (QED) is 0.699. The number of hydrogen-bond donors (Lipinski definition) is 2. The minimum Gasteiger partial charge on any atom is -0.480 e. The van der Waals surface area contributed by atoms with Gasteiger partial charge in [-0.3, -0.25) is 0 Å². The van der Waals surface area contributed by atoms with Crippen LogP contribution < -0.4 is 5.32 Å². The van der Waals surface area contributed by atoms with Crippen LogP contribution >= 0.6 is 0 Å². The molecule has 0 bridgehead atoms. The maximum atomic E-state index is 11.7. The molecule has 2 N–H and O–H groups in total. The second-order valence-electron chi connectivity index (χ2n) is 3.68. The normalized spacial score (nSPS) is 11.9. The molecule has 5 nitrogen and oxygen atoms in total. The summed E-state index contributed by atoms with van der Waals surface area (Å²) in [6, 6.07) is -1.08. The van der Waals surface area contributed by atoms with Crippen molar-refractivity contribution in [3.63, 3.8) is 0 Å². The number of nitrogens with zero attached hydrogens (tertiary/aromatic N) is 1. The fourth-order valence-corrected chi connectivity index (χ4v) is 1.33. The summed E-state index contributed by atoms with van der Waals surface area (Å²) in [7, 11) is 0. The van der Waals surface area contributed by atoms with Crippen LogP contribution in [-0.4, -0.2) is 41.1 Å². The van der Waals surface area contributed by atoms with Crippen LogP contribution in [-0.2, 0) is 4.79 Å². The van der Waals surface area contributed by atoms with E-state index in [1.807, 2.05) is 6.92 Å². The van der Waals surface area contributed by atoms with Crippen LogP contribution in [0.5, 0.6) is 0 Å². The summed E-state index contributed by atoms with van der Waals surface area (Å²) >= 11 is 0. The van der Waals surface area contributed by atoms with Crippen LogP contribution in [0.3, 0.4) is 0 Å². The highest BCUT2D eigenvalue weighted by atomic mass is 16.4. The van der Waals surface area contributed by atoms with Crippen LogP contribution in [0.4, 0.5) is 4.79 Å². The lowest BCUT2D eigenvalue weighted by Crippen LogP contribution is -2.47. The number of carboxylic acid groups (broad SMARTS) is 1. The molecule has 2 amide bonds. The lowest BCUT2D eigenvalue weighted by molar-refractivity contribution is -0.139. The van der Waals surface area contributed by atoms with Gasteiger partial charge in [0.15, 0.2) is 0 Å². The molecule has 0 spiro atoms. The summed E-state index contributed by atoms with van der Waals surface area (Å²) in [5, 5.41) is 11.3. The van der Waals surface area contributed by atoms with E-state index in [9.17, 15) is 9.59 Å². The van der Waals surface area contributed by atoms with Crippen molar-refractivity contribution in [2.24, 2.45) is 0 Å². The maximum absolute atomic E-state index is 11.7. The van der Waals surface area contributed by atoms with Gasteiger partial charge in [0, 0.05) is 13.1 Å². The van der Waals surface area contributed by atoms with E-state index in [0.29, 0.717) is 19.5 Å². The van der Waals surface area contributed by atoms with Crippen molar-refractivity contribution in [1.82, 2.24) is 10.2 Å². The Morgan fingerprint density at radius 1 is 1.31 bits per heavy atom. The zero-order chi connectivity index (χ0) is 12.6. The Balaban J connectivity index is 4.23. The van der Waals surface area contributed by atoms with Gasteiger partial charge in [-0.25, -0.2) is 9.59 Å². The first-order valence-corrected chi connectivity index (χ1v) is 5.84. The fraction of sp³-hybridized carbons (Fsp3) is 0.818. The van der Waals surface area contributed by atoms with Gasteiger partial charge in [-0.05, 0) is 19.8 Å². The summed E-state index contributed by atoms with van der Waals surface area (Å²) in [6.45, 7) is 6.95. The highest BCUT2D eigenvalue weighted by molar-refractivity contribution is 5.82. The average Bonchev–Trinajstić information content (AvgIpc) is 2.26. The average molecular weight is 230 g/mol. The van der Waals surface area contributed by atoms with Gasteiger partial charge < -0.3 is 15.3 Å². The van der Waals surface area contributed by atoms with Crippen molar-refractivity contribution in [2.75, 3.05) is 13.1 Å². The van der Waals surface area contributed by atoms with Crippen molar-refractivity contribution >= 4 is 12.0 Å². The molecule has 16 heavy (non-hydrogen) atoms. The lowest BCUT2D eigenvalue weighted by atomic mass is 10.2. The number of urea groups is 1. The predicted octanol–water partition coefficient (Wildman–Crippen LogP) is 1.68. The molecule has 0 rings (SSSR count). The Kier molecular flexibility index (Phi) is 7.33. The molecule has 0 fully saturated rings. The van der Waals surface area contributed by atoms with Gasteiger partial charge in [-0.1, -0.05) is 20.3 Å². The molecule has 94 valence electrons. The third-order valence-corrected chi connectivity index (χ3v) is 2.45. The molecular formula is C11H22N2O3. The largest absolute Gasteiger partial charge is 0.480 e. The van der Waals surface area contributed by atoms with Crippen LogP contribution in [0.25, 0.3) is 0 Å². The molecule has 0 saturated heterocycles. The number of hydrogen-bond acceptors (Lipinski definition) is 2. The number of unbranched alkanes of at least 4 members (excludes halogenated alkanes) is 1. The summed E-state index contributed by atoms with van der Waals surface area (Å²) in [5.41, 5.74) is 0. The maximum Gasteiger partial charge on any atom is 0.326 e. The van der Waals surface area contributed by atoms with Crippen molar-refractivity contribution in [1.29, 1.82) is 0 Å². The van der Waals surface area contributed by atoms with Gasteiger partial charge in [0.1, 0.15) is 6.04 Å². The SMILES string of the molecule is CCCCN(CC)C(=O)NC(CC)C(=O)O. The van der Waals surface area contributed by atoms with Crippen LogP contribution in [0.1, 0.15) is 40.0 Å². The smallest absolute Gasteiger partial charge is 0.326 e. The van der Waals surface area contributed by atoms with Crippen molar-refractivity contribution in [3.05, 3.63) is 0 Å². The van der Waals surface area contributed by atoms with E-state index < -0.39 is 12.0 Å². The topological polar surface area (TPSA) is 69.6 Å². The number of rotatable bonds is 7. The van der Waals surface area contributed by atoms with Gasteiger partial charge >= 0.3 is 12.0 Å². The minimum absolute atomic E-state index is 0.287. The van der Waals surface area contributed by atoms with Gasteiger partial charge in [0.25, 0.3) is 0 Å². The van der Waals surface area contributed by atoms with Gasteiger partial charge in [-0.15, -0.1) is 0 Å². The van der Waals surface area contributed by atoms with E-state index in [0.717, 1.165) is 12.8 Å². The Labute approximate surface area is 96.8 Å². The summed E-state index contributed by atoms with van der Waals surface area (Å²) in [4.78, 5) is 24.1. The number of amides is 2. The molecule has 5 heteroatoms. The fourth-order valence-electron chi connectivity index (χ4n) is 1.33. The second-order valence-corrected chi connectivity index (χ2v) is 3.68. The minimum atomic E-state index is -0.984. The number of carbonyl (C=O) groups is 2. The molecule has 0 radical (unpaired) electrons. The highest BCUT2D eigenvalue weighted by Gasteiger charge is 2.20. The molecule has 0 aliphatic rings. The van der Waals surface area contributed by atoms with Crippen LogP contribution in [0, 0.1) is 0 Å². The zero-order valence-electron chi connectivity index (χ0n) is 10.3. The Morgan fingerprint density at radius 3 is 2.31 bits per heavy atom. The predicted molar refractivity (Wildman–Crippen MR) is 62.4 cm³/mol. The molecule has 0 aromatic carbocycles. The first-order valence-electron chi connectivity index (χ1n) is 5.84. The number of carbonyl (C=O) groups excluding carboxylic acids is 1. The standard InChI is InChI=1S/C11H22N2O3/c1-4-7-8-13(6-3)11(16)12-9(5-2)10(14)15/h9H,4-8H2,1-3H3,(H,12,16)(H,14,15). The first kappa shape index (κ1) is 14.7. The molecule has 0 aromatic rings. The number of aliphatic carboxylic acids is 1. The van der Waals surface area contributed by atoms with Crippen LogP contribution in [0.15, 0.2) is 0 Å². The molecule has 1 unspecified atom stereocenters. The Hall–Kier alpha value is -1.26. The van der Waals surface area contributed by atoms with Gasteiger partial charge in [0.2, 0.25) is 0 Å². The Morgan fingerprint density at radius 2 is 1.94 bits per heavy atom. The molecule has 0 aliphatic heterocycles.